The maximum Gasteiger partial charge on any atom is 0.126 e. The van der Waals surface area contributed by atoms with Gasteiger partial charge < -0.3 is 5.73 Å². The van der Waals surface area contributed by atoms with Gasteiger partial charge in [0.1, 0.15) is 11.6 Å². The van der Waals surface area contributed by atoms with Gasteiger partial charge in [0.2, 0.25) is 0 Å². The number of nitrogens with two attached hydrogens (primary N) is 1. The lowest BCUT2D eigenvalue weighted by Gasteiger charge is -2.15. The van der Waals surface area contributed by atoms with Crippen LogP contribution in [0.3, 0.4) is 0 Å². The molecule has 1 unspecified atom stereocenters. The first-order chi connectivity index (χ1) is 8.88. The minimum absolute atomic E-state index is 0.429. The number of benzene rings is 2. The van der Waals surface area contributed by atoms with E-state index in [0.29, 0.717) is 5.56 Å². The molecule has 0 amide bonds. The van der Waals surface area contributed by atoms with Gasteiger partial charge in [0.05, 0.1) is 6.04 Å². The summed E-state index contributed by atoms with van der Waals surface area (Å²) in [5.74, 6) is -1.23. The molecule has 1 nitrogen and oxygen atoms in total. The van der Waals surface area contributed by atoms with Gasteiger partial charge >= 0.3 is 0 Å². The molecule has 0 radical (unpaired) electrons. The lowest BCUT2D eigenvalue weighted by molar-refractivity contribution is 0.577. The maximum atomic E-state index is 13.2. The molecule has 0 fully saturated rings. The lowest BCUT2D eigenvalue weighted by atomic mass is 9.96. The topological polar surface area (TPSA) is 26.0 Å². The summed E-state index contributed by atoms with van der Waals surface area (Å²) in [5, 5.41) is 0. The number of hydrogen-bond donors (Lipinski definition) is 1. The highest BCUT2D eigenvalue weighted by Gasteiger charge is 2.13. The average molecular weight is 326 g/mol. The van der Waals surface area contributed by atoms with Crippen molar-refractivity contribution in [3.63, 3.8) is 0 Å². The summed E-state index contributed by atoms with van der Waals surface area (Å²) < 4.78 is 27.5. The monoisotopic (exact) mass is 325 g/mol. The van der Waals surface area contributed by atoms with Crippen molar-refractivity contribution in [3.05, 3.63) is 68.7 Å². The molecule has 2 aromatic carbocycles. The molecule has 2 aromatic rings. The fourth-order valence-corrected chi connectivity index (χ4v) is 2.34. The van der Waals surface area contributed by atoms with Crippen LogP contribution in [0, 0.1) is 25.5 Å². The Bertz CT molecular complexity index is 582. The molecule has 0 aliphatic heterocycles. The highest BCUT2D eigenvalue weighted by Crippen LogP contribution is 2.28. The van der Waals surface area contributed by atoms with E-state index in [1.807, 2.05) is 26.0 Å². The third-order valence-electron chi connectivity index (χ3n) is 3.06. The van der Waals surface area contributed by atoms with Crippen LogP contribution in [0.5, 0.6) is 0 Å². The number of hydrogen-bond acceptors (Lipinski definition) is 1. The van der Waals surface area contributed by atoms with Crippen molar-refractivity contribution in [1.82, 2.24) is 0 Å². The fraction of sp³-hybridized carbons (Fsp3) is 0.200. The third kappa shape index (κ3) is 3.01. The van der Waals surface area contributed by atoms with E-state index in [-0.39, 0.29) is 0 Å². The Morgan fingerprint density at radius 3 is 1.79 bits per heavy atom. The van der Waals surface area contributed by atoms with Crippen molar-refractivity contribution in [2.45, 2.75) is 19.9 Å². The maximum absolute atomic E-state index is 13.2. The van der Waals surface area contributed by atoms with Gasteiger partial charge in [-0.25, -0.2) is 8.78 Å². The van der Waals surface area contributed by atoms with Gasteiger partial charge in [0.15, 0.2) is 0 Å². The van der Waals surface area contributed by atoms with Gasteiger partial charge in [-0.2, -0.15) is 0 Å². The zero-order chi connectivity index (χ0) is 14.2. The molecule has 0 spiro atoms. The Hall–Kier alpha value is -1.26. The predicted octanol–water partition coefficient (Wildman–Crippen LogP) is 4.39. The van der Waals surface area contributed by atoms with E-state index in [0.717, 1.165) is 27.2 Å². The van der Waals surface area contributed by atoms with E-state index in [1.54, 1.807) is 0 Å². The zero-order valence-corrected chi connectivity index (χ0v) is 12.3. The van der Waals surface area contributed by atoms with Crippen LogP contribution in [-0.2, 0) is 0 Å². The van der Waals surface area contributed by atoms with Crippen LogP contribution in [0.2, 0.25) is 0 Å². The molecule has 0 aromatic heterocycles. The molecule has 0 saturated heterocycles. The van der Waals surface area contributed by atoms with Crippen molar-refractivity contribution < 1.29 is 8.78 Å². The largest absolute Gasteiger partial charge is 0.320 e. The summed E-state index contributed by atoms with van der Waals surface area (Å²) in [6.45, 7) is 3.92. The Labute approximate surface area is 119 Å². The van der Waals surface area contributed by atoms with Gasteiger partial charge in [-0.05, 0) is 48.2 Å². The van der Waals surface area contributed by atoms with Gasteiger partial charge in [0, 0.05) is 10.5 Å². The summed E-state index contributed by atoms with van der Waals surface area (Å²) in [6.07, 6.45) is 0. The van der Waals surface area contributed by atoms with E-state index < -0.39 is 17.7 Å². The molecular formula is C15H14BrF2N. The molecule has 0 saturated carbocycles. The molecule has 0 aliphatic carbocycles. The Morgan fingerprint density at radius 2 is 1.32 bits per heavy atom. The first-order valence-corrected chi connectivity index (χ1v) is 6.66. The molecule has 1 atom stereocenters. The summed E-state index contributed by atoms with van der Waals surface area (Å²) in [4.78, 5) is 0. The smallest absolute Gasteiger partial charge is 0.126 e. The average Bonchev–Trinajstić information content (AvgIpc) is 2.33. The zero-order valence-electron chi connectivity index (χ0n) is 10.7. The quantitative estimate of drug-likeness (QED) is 0.870. The van der Waals surface area contributed by atoms with Gasteiger partial charge in [-0.3, -0.25) is 0 Å². The van der Waals surface area contributed by atoms with Crippen molar-refractivity contribution in [2.75, 3.05) is 0 Å². The van der Waals surface area contributed by atoms with Crippen LogP contribution < -0.4 is 5.73 Å². The van der Waals surface area contributed by atoms with E-state index in [1.165, 1.54) is 12.1 Å². The minimum Gasteiger partial charge on any atom is -0.320 e. The van der Waals surface area contributed by atoms with Crippen molar-refractivity contribution in [1.29, 1.82) is 0 Å². The van der Waals surface area contributed by atoms with E-state index in [2.05, 4.69) is 15.9 Å². The van der Waals surface area contributed by atoms with Crippen LogP contribution in [0.4, 0.5) is 8.78 Å². The second-order valence-electron chi connectivity index (χ2n) is 4.65. The van der Waals surface area contributed by atoms with Crippen LogP contribution in [0.25, 0.3) is 0 Å². The lowest BCUT2D eigenvalue weighted by Crippen LogP contribution is -2.13. The molecule has 0 aliphatic rings. The number of halogens is 3. The summed E-state index contributed by atoms with van der Waals surface area (Å²) in [5.41, 5.74) is 9.45. The summed E-state index contributed by atoms with van der Waals surface area (Å²) in [7, 11) is 0. The minimum atomic E-state index is -0.615. The van der Waals surface area contributed by atoms with Crippen LogP contribution in [-0.4, -0.2) is 0 Å². The molecule has 0 bridgehead atoms. The van der Waals surface area contributed by atoms with Crippen LogP contribution in [0.1, 0.15) is 28.3 Å². The fourth-order valence-electron chi connectivity index (χ4n) is 2.11. The molecule has 100 valence electrons. The van der Waals surface area contributed by atoms with Crippen LogP contribution >= 0.6 is 15.9 Å². The first-order valence-electron chi connectivity index (χ1n) is 5.86. The SMILES string of the molecule is Cc1cc(C(N)c2cc(F)cc(F)c2)cc(C)c1Br. The third-order valence-corrected chi connectivity index (χ3v) is 4.31. The Balaban J connectivity index is 2.46. The Morgan fingerprint density at radius 1 is 0.895 bits per heavy atom. The van der Waals surface area contributed by atoms with Gasteiger partial charge in [0.25, 0.3) is 0 Å². The standard InChI is InChI=1S/C15H14BrF2N/c1-8-3-10(4-9(2)14(8)16)15(19)11-5-12(17)7-13(18)6-11/h3-7,15H,19H2,1-2H3. The molecular weight excluding hydrogens is 312 g/mol. The number of rotatable bonds is 2. The van der Waals surface area contributed by atoms with Crippen molar-refractivity contribution in [3.8, 4) is 0 Å². The molecule has 19 heavy (non-hydrogen) atoms. The van der Waals surface area contributed by atoms with E-state index in [9.17, 15) is 8.78 Å². The van der Waals surface area contributed by atoms with E-state index >= 15 is 0 Å². The predicted molar refractivity (Wildman–Crippen MR) is 76.0 cm³/mol. The summed E-state index contributed by atoms with van der Waals surface area (Å²) >= 11 is 3.48. The van der Waals surface area contributed by atoms with Crippen molar-refractivity contribution >= 4 is 15.9 Å². The summed E-state index contributed by atoms with van der Waals surface area (Å²) in [6, 6.07) is 6.67. The van der Waals surface area contributed by atoms with Crippen molar-refractivity contribution in [2.24, 2.45) is 5.73 Å². The second kappa shape index (κ2) is 5.39. The number of aryl methyl sites for hydroxylation is 2. The molecule has 2 rings (SSSR count). The normalized spacial score (nSPS) is 12.5. The molecule has 4 heteroatoms. The van der Waals surface area contributed by atoms with Crippen LogP contribution in [0.15, 0.2) is 34.8 Å². The Kier molecular flexibility index (Phi) is 4.02. The first kappa shape index (κ1) is 14.2. The second-order valence-corrected chi connectivity index (χ2v) is 5.44. The molecule has 0 heterocycles. The van der Waals surface area contributed by atoms with Gasteiger partial charge in [-0.15, -0.1) is 0 Å². The van der Waals surface area contributed by atoms with E-state index in [4.69, 9.17) is 5.73 Å². The van der Waals surface area contributed by atoms with Gasteiger partial charge in [-0.1, -0.05) is 28.1 Å². The molecule has 2 N–H and O–H groups in total. The highest BCUT2D eigenvalue weighted by atomic mass is 79.9. The highest BCUT2D eigenvalue weighted by molar-refractivity contribution is 9.10.